The Balaban J connectivity index is 2.17. The maximum atomic E-state index is 12.1. The first-order valence-electron chi connectivity index (χ1n) is 7.20. The van der Waals surface area contributed by atoms with Crippen molar-refractivity contribution in [2.45, 2.75) is 20.3 Å². The summed E-state index contributed by atoms with van der Waals surface area (Å²) >= 11 is 0. The number of carbonyl (C=O) groups excluding carboxylic acids is 1. The molecule has 0 saturated heterocycles. The van der Waals surface area contributed by atoms with Gasteiger partial charge in [0.1, 0.15) is 0 Å². The van der Waals surface area contributed by atoms with Crippen molar-refractivity contribution in [1.82, 2.24) is 5.43 Å². The lowest BCUT2D eigenvalue weighted by Gasteiger charge is -2.06. The molecule has 0 unspecified atom stereocenters. The SMILES string of the molecule is CC/C(=N\NC(=O)c1ccc([N+](=O)[O-])c(C)c1)c1ccccc1. The van der Waals surface area contributed by atoms with Crippen LogP contribution in [0, 0.1) is 17.0 Å². The highest BCUT2D eigenvalue weighted by molar-refractivity contribution is 6.02. The Kier molecular flexibility index (Phi) is 5.19. The number of hydrogen-bond acceptors (Lipinski definition) is 4. The highest BCUT2D eigenvalue weighted by Gasteiger charge is 2.13. The molecular formula is C17H17N3O3. The van der Waals surface area contributed by atoms with E-state index in [9.17, 15) is 14.9 Å². The van der Waals surface area contributed by atoms with Gasteiger partial charge in [-0.25, -0.2) is 5.43 Å². The van der Waals surface area contributed by atoms with Crippen molar-refractivity contribution in [2.24, 2.45) is 5.10 Å². The normalized spacial score (nSPS) is 11.1. The fourth-order valence-corrected chi connectivity index (χ4v) is 2.16. The first kappa shape index (κ1) is 16.4. The van der Waals surface area contributed by atoms with Crippen LogP contribution in [-0.4, -0.2) is 16.5 Å². The lowest BCUT2D eigenvalue weighted by Crippen LogP contribution is -2.20. The molecule has 2 rings (SSSR count). The minimum atomic E-state index is -0.472. The molecule has 0 spiro atoms. The molecule has 6 heteroatoms. The average molecular weight is 311 g/mol. The summed E-state index contributed by atoms with van der Waals surface area (Å²) in [5.74, 6) is -0.398. The van der Waals surface area contributed by atoms with Crippen LogP contribution in [0.15, 0.2) is 53.6 Å². The van der Waals surface area contributed by atoms with Gasteiger partial charge in [0.2, 0.25) is 0 Å². The minimum Gasteiger partial charge on any atom is -0.267 e. The Hall–Kier alpha value is -3.02. The predicted octanol–water partition coefficient (Wildman–Crippen LogP) is 3.45. The van der Waals surface area contributed by atoms with E-state index < -0.39 is 10.8 Å². The zero-order chi connectivity index (χ0) is 16.8. The number of nitrogens with one attached hydrogen (secondary N) is 1. The molecule has 0 aliphatic carbocycles. The van der Waals surface area contributed by atoms with Gasteiger partial charge in [0.15, 0.2) is 0 Å². The summed E-state index contributed by atoms with van der Waals surface area (Å²) in [6, 6.07) is 13.8. The smallest absolute Gasteiger partial charge is 0.267 e. The predicted molar refractivity (Wildman–Crippen MR) is 88.6 cm³/mol. The van der Waals surface area contributed by atoms with Crippen LogP contribution in [0.25, 0.3) is 0 Å². The van der Waals surface area contributed by atoms with Crippen molar-refractivity contribution in [1.29, 1.82) is 0 Å². The van der Waals surface area contributed by atoms with Crippen molar-refractivity contribution in [3.8, 4) is 0 Å². The standard InChI is InChI=1S/C17H17N3O3/c1-3-15(13-7-5-4-6-8-13)18-19-17(21)14-9-10-16(20(22)23)12(2)11-14/h4-11H,3H2,1-2H3,(H,19,21)/b18-15+. The molecule has 0 aliphatic rings. The molecule has 0 radical (unpaired) electrons. The molecule has 0 saturated carbocycles. The minimum absolute atomic E-state index is 0.0106. The number of aryl methyl sites for hydroxylation is 1. The molecule has 118 valence electrons. The first-order chi connectivity index (χ1) is 11.0. The van der Waals surface area contributed by atoms with Gasteiger partial charge in [-0.1, -0.05) is 37.3 Å². The number of benzene rings is 2. The molecule has 2 aromatic carbocycles. The van der Waals surface area contributed by atoms with E-state index in [1.54, 1.807) is 6.92 Å². The second-order valence-electron chi connectivity index (χ2n) is 4.98. The number of amides is 1. The molecular weight excluding hydrogens is 294 g/mol. The van der Waals surface area contributed by atoms with E-state index in [-0.39, 0.29) is 5.69 Å². The van der Waals surface area contributed by atoms with E-state index in [2.05, 4.69) is 10.5 Å². The van der Waals surface area contributed by atoms with Gasteiger partial charge in [-0.05, 0) is 31.0 Å². The van der Waals surface area contributed by atoms with E-state index in [4.69, 9.17) is 0 Å². The number of nitro benzene ring substituents is 1. The average Bonchev–Trinajstić information content (AvgIpc) is 2.55. The Morgan fingerprint density at radius 3 is 2.43 bits per heavy atom. The quantitative estimate of drug-likeness (QED) is 0.521. The maximum absolute atomic E-state index is 12.1. The number of carbonyl (C=O) groups is 1. The van der Waals surface area contributed by atoms with Crippen LogP contribution in [0.1, 0.15) is 34.8 Å². The molecule has 2 aromatic rings. The van der Waals surface area contributed by atoms with Crippen molar-refractivity contribution >= 4 is 17.3 Å². The highest BCUT2D eigenvalue weighted by atomic mass is 16.6. The third kappa shape index (κ3) is 4.00. The molecule has 1 N–H and O–H groups in total. The van der Waals surface area contributed by atoms with Crippen LogP contribution in [-0.2, 0) is 0 Å². The molecule has 0 aromatic heterocycles. The largest absolute Gasteiger partial charge is 0.272 e. The second kappa shape index (κ2) is 7.31. The molecule has 0 atom stereocenters. The van der Waals surface area contributed by atoms with Crippen LogP contribution in [0.2, 0.25) is 0 Å². The Bertz CT molecular complexity index is 755. The van der Waals surface area contributed by atoms with Gasteiger partial charge >= 0.3 is 0 Å². The first-order valence-corrected chi connectivity index (χ1v) is 7.20. The second-order valence-corrected chi connectivity index (χ2v) is 4.98. The molecule has 0 fully saturated rings. The number of hydrazone groups is 1. The highest BCUT2D eigenvalue weighted by Crippen LogP contribution is 2.18. The maximum Gasteiger partial charge on any atom is 0.272 e. The third-order valence-corrected chi connectivity index (χ3v) is 3.39. The number of nitro groups is 1. The van der Waals surface area contributed by atoms with Gasteiger partial charge in [0, 0.05) is 17.2 Å². The van der Waals surface area contributed by atoms with Crippen LogP contribution < -0.4 is 5.43 Å². The molecule has 0 heterocycles. The Morgan fingerprint density at radius 2 is 1.87 bits per heavy atom. The van der Waals surface area contributed by atoms with E-state index in [1.165, 1.54) is 18.2 Å². The van der Waals surface area contributed by atoms with Crippen LogP contribution in [0.5, 0.6) is 0 Å². The number of rotatable bonds is 5. The molecule has 23 heavy (non-hydrogen) atoms. The van der Waals surface area contributed by atoms with Crippen LogP contribution >= 0.6 is 0 Å². The van der Waals surface area contributed by atoms with Crippen molar-refractivity contribution in [2.75, 3.05) is 0 Å². The summed E-state index contributed by atoms with van der Waals surface area (Å²) in [5.41, 5.74) is 4.96. The van der Waals surface area contributed by atoms with Crippen molar-refractivity contribution in [3.63, 3.8) is 0 Å². The van der Waals surface area contributed by atoms with Gasteiger partial charge in [-0.15, -0.1) is 0 Å². The van der Waals surface area contributed by atoms with Gasteiger partial charge in [0.05, 0.1) is 10.6 Å². The summed E-state index contributed by atoms with van der Waals surface area (Å²) in [5, 5.41) is 15.0. The van der Waals surface area contributed by atoms with E-state index >= 15 is 0 Å². The fourth-order valence-electron chi connectivity index (χ4n) is 2.16. The van der Waals surface area contributed by atoms with Crippen molar-refractivity contribution in [3.05, 3.63) is 75.3 Å². The van der Waals surface area contributed by atoms with Gasteiger partial charge in [-0.2, -0.15) is 5.10 Å². The molecule has 6 nitrogen and oxygen atoms in total. The lowest BCUT2D eigenvalue weighted by atomic mass is 10.1. The van der Waals surface area contributed by atoms with E-state index in [0.717, 1.165) is 11.3 Å². The van der Waals surface area contributed by atoms with E-state index in [0.29, 0.717) is 17.5 Å². The summed E-state index contributed by atoms with van der Waals surface area (Å²) in [6.07, 6.45) is 0.670. The topological polar surface area (TPSA) is 84.6 Å². The number of hydrogen-bond donors (Lipinski definition) is 1. The summed E-state index contributed by atoms with van der Waals surface area (Å²) in [6.45, 7) is 3.55. The Morgan fingerprint density at radius 1 is 1.17 bits per heavy atom. The fraction of sp³-hybridized carbons (Fsp3) is 0.176. The summed E-state index contributed by atoms with van der Waals surface area (Å²) < 4.78 is 0. The molecule has 0 bridgehead atoms. The third-order valence-electron chi connectivity index (χ3n) is 3.39. The summed E-state index contributed by atoms with van der Waals surface area (Å²) in [7, 11) is 0. The van der Waals surface area contributed by atoms with Crippen LogP contribution in [0.4, 0.5) is 5.69 Å². The Labute approximate surface area is 134 Å². The lowest BCUT2D eigenvalue weighted by molar-refractivity contribution is -0.385. The molecule has 1 amide bonds. The van der Waals surface area contributed by atoms with Crippen LogP contribution in [0.3, 0.4) is 0 Å². The van der Waals surface area contributed by atoms with Gasteiger partial charge in [0.25, 0.3) is 11.6 Å². The zero-order valence-corrected chi connectivity index (χ0v) is 12.9. The van der Waals surface area contributed by atoms with Gasteiger partial charge in [-0.3, -0.25) is 14.9 Å². The monoisotopic (exact) mass is 311 g/mol. The number of nitrogens with zero attached hydrogens (tertiary/aromatic N) is 2. The zero-order valence-electron chi connectivity index (χ0n) is 12.9. The van der Waals surface area contributed by atoms with E-state index in [1.807, 2.05) is 37.3 Å². The van der Waals surface area contributed by atoms with Crippen molar-refractivity contribution < 1.29 is 9.72 Å². The van der Waals surface area contributed by atoms with Gasteiger partial charge < -0.3 is 0 Å². The molecule has 0 aliphatic heterocycles. The summed E-state index contributed by atoms with van der Waals surface area (Å²) in [4.78, 5) is 22.5.